The second kappa shape index (κ2) is 7.96. The van der Waals surface area contributed by atoms with E-state index in [0.717, 1.165) is 23.2 Å². The van der Waals surface area contributed by atoms with Crippen LogP contribution in [-0.2, 0) is 20.7 Å². The van der Waals surface area contributed by atoms with Crippen LogP contribution < -0.4 is 16.0 Å². The van der Waals surface area contributed by atoms with Gasteiger partial charge < -0.3 is 20.7 Å². The van der Waals surface area contributed by atoms with Crippen LogP contribution in [0.3, 0.4) is 0 Å². The van der Waals surface area contributed by atoms with Gasteiger partial charge in [-0.25, -0.2) is 0 Å². The lowest BCUT2D eigenvalue weighted by Gasteiger charge is -2.30. The van der Waals surface area contributed by atoms with Gasteiger partial charge in [0.15, 0.2) is 0 Å². The number of morpholine rings is 1. The second-order valence-corrected chi connectivity index (χ2v) is 6.20. The molecular weight excluding hydrogens is 330 g/mol. The summed E-state index contributed by atoms with van der Waals surface area (Å²) < 4.78 is 5.52. The molecule has 0 saturated carbocycles. The number of ether oxygens (including phenoxy) is 1. The third-order valence-corrected chi connectivity index (χ3v) is 4.48. The predicted molar refractivity (Wildman–Crippen MR) is 94.4 cm³/mol. The van der Waals surface area contributed by atoms with Crippen LogP contribution in [0, 0.1) is 0 Å². The molecule has 0 spiro atoms. The van der Waals surface area contributed by atoms with Crippen molar-refractivity contribution in [3.63, 3.8) is 0 Å². The normalized spacial score (nSPS) is 24.2. The van der Waals surface area contributed by atoms with Crippen LogP contribution in [0.2, 0.25) is 0 Å². The molecule has 2 heterocycles. The molecule has 132 valence electrons. The van der Waals surface area contributed by atoms with E-state index in [1.807, 2.05) is 26.0 Å². The summed E-state index contributed by atoms with van der Waals surface area (Å²) in [6.07, 6.45) is 1.12. The summed E-state index contributed by atoms with van der Waals surface area (Å²) in [5, 5.41) is 9.11. The van der Waals surface area contributed by atoms with Crippen LogP contribution in [0.5, 0.6) is 0 Å². The van der Waals surface area contributed by atoms with E-state index < -0.39 is 0 Å². The lowest BCUT2D eigenvalue weighted by atomic mass is 9.97. The highest BCUT2D eigenvalue weighted by Crippen LogP contribution is 2.26. The molecule has 1 aromatic carbocycles. The first-order chi connectivity index (χ1) is 11.0. The highest BCUT2D eigenvalue weighted by Gasteiger charge is 2.29. The number of rotatable bonds is 3. The number of halogens is 1. The highest BCUT2D eigenvalue weighted by molar-refractivity contribution is 5.94. The summed E-state index contributed by atoms with van der Waals surface area (Å²) in [7, 11) is 0. The number of hydrogen-bond acceptors (Lipinski definition) is 4. The maximum atomic E-state index is 12.4. The molecule has 1 fully saturated rings. The Labute approximate surface area is 148 Å². The van der Waals surface area contributed by atoms with E-state index in [9.17, 15) is 9.59 Å². The Hall–Kier alpha value is -1.63. The Balaban J connectivity index is 0.00000208. The van der Waals surface area contributed by atoms with Gasteiger partial charge in [0.05, 0.1) is 18.8 Å². The van der Waals surface area contributed by atoms with Crippen molar-refractivity contribution < 1.29 is 14.3 Å². The zero-order valence-electron chi connectivity index (χ0n) is 13.9. The van der Waals surface area contributed by atoms with Gasteiger partial charge in [0.25, 0.3) is 0 Å². The Bertz CT molecular complexity index is 623. The number of anilines is 1. The molecule has 2 aliphatic rings. The molecule has 2 aliphatic heterocycles. The van der Waals surface area contributed by atoms with Crippen molar-refractivity contribution in [3.05, 3.63) is 29.3 Å². The smallest absolute Gasteiger partial charge is 0.240 e. The van der Waals surface area contributed by atoms with Crippen molar-refractivity contribution in [3.8, 4) is 0 Å². The Kier molecular flexibility index (Phi) is 6.21. The maximum Gasteiger partial charge on any atom is 0.240 e. The summed E-state index contributed by atoms with van der Waals surface area (Å²) in [5.74, 6) is 0.0136. The molecule has 0 aromatic heterocycles. The largest absolute Gasteiger partial charge is 0.375 e. The number of hydrogen-bond donors (Lipinski definition) is 3. The topological polar surface area (TPSA) is 79.5 Å². The lowest BCUT2D eigenvalue weighted by molar-refractivity contribution is -0.129. The van der Waals surface area contributed by atoms with Crippen molar-refractivity contribution in [1.82, 2.24) is 10.6 Å². The summed E-state index contributed by atoms with van der Waals surface area (Å²) in [6.45, 7) is 5.20. The first-order valence-electron chi connectivity index (χ1n) is 8.12. The molecule has 0 bridgehead atoms. The van der Waals surface area contributed by atoms with E-state index in [4.69, 9.17) is 4.74 Å². The molecule has 3 rings (SSSR count). The van der Waals surface area contributed by atoms with E-state index in [1.54, 1.807) is 0 Å². The van der Waals surface area contributed by atoms with Gasteiger partial charge in [-0.1, -0.05) is 12.1 Å². The van der Waals surface area contributed by atoms with Crippen LogP contribution >= 0.6 is 12.4 Å². The summed E-state index contributed by atoms with van der Waals surface area (Å²) in [4.78, 5) is 23.8. The third-order valence-electron chi connectivity index (χ3n) is 4.48. The molecular formula is C17H24ClN3O3. The lowest BCUT2D eigenvalue weighted by Crippen LogP contribution is -2.55. The SMILES string of the molecule is CC(NC(=O)[C@H]1NCCO[C@@H]1C)c1ccc2c(c1)CCC(=O)N2.Cl. The fraction of sp³-hybridized carbons (Fsp3) is 0.529. The van der Waals surface area contributed by atoms with Crippen LogP contribution in [0.25, 0.3) is 0 Å². The maximum absolute atomic E-state index is 12.4. The zero-order chi connectivity index (χ0) is 16.4. The number of carbonyl (C=O) groups is 2. The average molecular weight is 354 g/mol. The fourth-order valence-electron chi connectivity index (χ4n) is 3.09. The minimum absolute atomic E-state index is 0. The average Bonchev–Trinajstić information content (AvgIpc) is 2.54. The Morgan fingerprint density at radius 1 is 1.38 bits per heavy atom. The fourth-order valence-corrected chi connectivity index (χ4v) is 3.09. The van der Waals surface area contributed by atoms with E-state index >= 15 is 0 Å². The molecule has 24 heavy (non-hydrogen) atoms. The van der Waals surface area contributed by atoms with Gasteiger partial charge in [-0.05, 0) is 37.5 Å². The van der Waals surface area contributed by atoms with E-state index in [-0.39, 0.29) is 42.4 Å². The number of benzene rings is 1. The van der Waals surface area contributed by atoms with Gasteiger partial charge in [0, 0.05) is 18.7 Å². The van der Waals surface area contributed by atoms with Crippen molar-refractivity contribution in [1.29, 1.82) is 0 Å². The third kappa shape index (κ3) is 4.06. The predicted octanol–water partition coefficient (Wildman–Crippen LogP) is 1.55. The molecule has 3 N–H and O–H groups in total. The minimum Gasteiger partial charge on any atom is -0.375 e. The van der Waals surface area contributed by atoms with Crippen molar-refractivity contribution in [2.45, 2.75) is 44.9 Å². The molecule has 6 nitrogen and oxygen atoms in total. The molecule has 1 unspecified atom stereocenters. The summed E-state index contributed by atoms with van der Waals surface area (Å²) >= 11 is 0. The molecule has 0 radical (unpaired) electrons. The molecule has 2 amide bonds. The van der Waals surface area contributed by atoms with E-state index in [0.29, 0.717) is 19.6 Å². The van der Waals surface area contributed by atoms with Crippen molar-refractivity contribution in [2.24, 2.45) is 0 Å². The number of aryl methyl sites for hydroxylation is 1. The number of fused-ring (bicyclic) bond motifs is 1. The van der Waals surface area contributed by atoms with E-state index in [1.165, 1.54) is 0 Å². The van der Waals surface area contributed by atoms with Gasteiger partial charge in [-0.15, -0.1) is 12.4 Å². The van der Waals surface area contributed by atoms with Crippen molar-refractivity contribution in [2.75, 3.05) is 18.5 Å². The van der Waals surface area contributed by atoms with Crippen LogP contribution in [0.15, 0.2) is 18.2 Å². The molecule has 3 atom stereocenters. The Morgan fingerprint density at radius 3 is 2.92 bits per heavy atom. The molecule has 1 saturated heterocycles. The molecule has 7 heteroatoms. The molecule has 0 aliphatic carbocycles. The summed E-state index contributed by atoms with van der Waals surface area (Å²) in [5.41, 5.74) is 3.04. The Morgan fingerprint density at radius 2 is 2.17 bits per heavy atom. The standard InChI is InChI=1S/C17H23N3O3.ClH/c1-10(19-17(22)16-11(2)23-8-7-18-16)12-3-5-14-13(9-12)4-6-15(21)20-14;/h3,5,9-11,16,18H,4,6-8H2,1-2H3,(H,19,22)(H,20,21);1H/t10?,11-,16+;/m1./s1. The first-order valence-corrected chi connectivity index (χ1v) is 8.12. The van der Waals surface area contributed by atoms with Gasteiger partial charge in [0.2, 0.25) is 11.8 Å². The van der Waals surface area contributed by atoms with Gasteiger partial charge in [-0.2, -0.15) is 0 Å². The van der Waals surface area contributed by atoms with Gasteiger partial charge in [-0.3, -0.25) is 9.59 Å². The van der Waals surface area contributed by atoms with Gasteiger partial charge >= 0.3 is 0 Å². The van der Waals surface area contributed by atoms with Crippen molar-refractivity contribution >= 4 is 29.9 Å². The highest BCUT2D eigenvalue weighted by atomic mass is 35.5. The van der Waals surface area contributed by atoms with E-state index in [2.05, 4.69) is 22.0 Å². The monoisotopic (exact) mass is 353 g/mol. The zero-order valence-corrected chi connectivity index (χ0v) is 14.7. The second-order valence-electron chi connectivity index (χ2n) is 6.20. The quantitative estimate of drug-likeness (QED) is 0.770. The van der Waals surface area contributed by atoms with Crippen LogP contribution in [0.1, 0.15) is 37.4 Å². The minimum atomic E-state index is -0.317. The molecule has 1 aromatic rings. The van der Waals surface area contributed by atoms with Crippen LogP contribution in [0.4, 0.5) is 5.69 Å². The number of carbonyl (C=O) groups excluding carboxylic acids is 2. The number of nitrogens with one attached hydrogen (secondary N) is 3. The van der Waals surface area contributed by atoms with Gasteiger partial charge in [0.1, 0.15) is 6.04 Å². The number of amides is 2. The summed E-state index contributed by atoms with van der Waals surface area (Å²) in [6, 6.07) is 5.51. The van der Waals surface area contributed by atoms with Crippen LogP contribution in [-0.4, -0.2) is 37.1 Å². The first kappa shape index (κ1) is 18.7.